The van der Waals surface area contributed by atoms with E-state index in [1.807, 2.05) is 6.92 Å². The molecular formula is C22H43NO3. The highest BCUT2D eigenvalue weighted by molar-refractivity contribution is 5.81. The molecule has 0 heterocycles. The Hall–Kier alpha value is -1.06. The summed E-state index contributed by atoms with van der Waals surface area (Å²) in [5.74, 6) is -0.957. The van der Waals surface area contributed by atoms with E-state index in [0.717, 1.165) is 12.8 Å². The van der Waals surface area contributed by atoms with Gasteiger partial charge >= 0.3 is 5.97 Å². The first-order chi connectivity index (χ1) is 12.6. The van der Waals surface area contributed by atoms with Crippen molar-refractivity contribution >= 4 is 11.9 Å². The van der Waals surface area contributed by atoms with Crippen LogP contribution < -0.4 is 0 Å². The number of aliphatic carboxylic acids is 1. The lowest BCUT2D eigenvalue weighted by atomic mass is 10.0. The van der Waals surface area contributed by atoms with E-state index < -0.39 is 5.97 Å². The van der Waals surface area contributed by atoms with E-state index in [-0.39, 0.29) is 12.5 Å². The van der Waals surface area contributed by atoms with Gasteiger partial charge in [-0.25, -0.2) is 0 Å². The van der Waals surface area contributed by atoms with E-state index in [4.69, 9.17) is 5.11 Å². The molecule has 0 fully saturated rings. The summed E-state index contributed by atoms with van der Waals surface area (Å²) in [4.78, 5) is 24.0. The highest BCUT2D eigenvalue weighted by Gasteiger charge is 2.13. The van der Waals surface area contributed by atoms with Crippen molar-refractivity contribution in [2.24, 2.45) is 0 Å². The molecule has 0 aromatic heterocycles. The van der Waals surface area contributed by atoms with Crippen molar-refractivity contribution < 1.29 is 14.7 Å². The number of carbonyl (C=O) groups excluding carboxylic acids is 1. The Morgan fingerprint density at radius 2 is 1.04 bits per heavy atom. The number of nitrogens with zero attached hydrogens (tertiary/aromatic N) is 1. The van der Waals surface area contributed by atoms with Crippen LogP contribution in [-0.2, 0) is 9.59 Å². The second-order valence-corrected chi connectivity index (χ2v) is 7.50. The maximum Gasteiger partial charge on any atom is 0.323 e. The van der Waals surface area contributed by atoms with E-state index >= 15 is 0 Å². The van der Waals surface area contributed by atoms with Crippen LogP contribution in [0.2, 0.25) is 0 Å². The number of hydrogen-bond donors (Lipinski definition) is 1. The molecule has 0 aliphatic carbocycles. The van der Waals surface area contributed by atoms with E-state index in [9.17, 15) is 9.59 Å². The second kappa shape index (κ2) is 18.7. The van der Waals surface area contributed by atoms with Gasteiger partial charge in [0.1, 0.15) is 6.54 Å². The van der Waals surface area contributed by atoms with Crippen LogP contribution in [0.1, 0.15) is 117 Å². The molecule has 0 radical (unpaired) electrons. The zero-order valence-corrected chi connectivity index (χ0v) is 17.4. The number of carboxylic acid groups (broad SMARTS) is 1. The summed E-state index contributed by atoms with van der Waals surface area (Å²) in [7, 11) is 0. The van der Waals surface area contributed by atoms with Crippen LogP contribution in [0.15, 0.2) is 0 Å². The Bertz CT molecular complexity index is 344. The lowest BCUT2D eigenvalue weighted by Gasteiger charge is -2.18. The molecule has 0 aliphatic heterocycles. The fraction of sp³-hybridized carbons (Fsp3) is 0.909. The summed E-state index contributed by atoms with van der Waals surface area (Å²) in [6.07, 6.45) is 20.1. The summed E-state index contributed by atoms with van der Waals surface area (Å²) >= 11 is 0. The Balaban J connectivity index is 3.31. The van der Waals surface area contributed by atoms with E-state index in [1.54, 1.807) is 0 Å². The molecule has 0 rings (SSSR count). The quantitative estimate of drug-likeness (QED) is 0.276. The third-order valence-electron chi connectivity index (χ3n) is 5.05. The lowest BCUT2D eigenvalue weighted by molar-refractivity contribution is -0.144. The van der Waals surface area contributed by atoms with Crippen LogP contribution >= 0.6 is 0 Å². The second-order valence-electron chi connectivity index (χ2n) is 7.50. The topological polar surface area (TPSA) is 57.6 Å². The zero-order valence-electron chi connectivity index (χ0n) is 17.4. The molecule has 0 spiro atoms. The molecule has 4 heteroatoms. The van der Waals surface area contributed by atoms with Crippen LogP contribution in [-0.4, -0.2) is 35.0 Å². The van der Waals surface area contributed by atoms with E-state index in [0.29, 0.717) is 13.0 Å². The van der Waals surface area contributed by atoms with E-state index in [2.05, 4.69) is 6.92 Å². The predicted molar refractivity (Wildman–Crippen MR) is 109 cm³/mol. The maximum absolute atomic E-state index is 11.9. The summed E-state index contributed by atoms with van der Waals surface area (Å²) in [6.45, 7) is 4.40. The van der Waals surface area contributed by atoms with Crippen molar-refractivity contribution in [3.63, 3.8) is 0 Å². The third kappa shape index (κ3) is 16.4. The van der Waals surface area contributed by atoms with Gasteiger partial charge in [0.05, 0.1) is 0 Å². The summed E-state index contributed by atoms with van der Waals surface area (Å²) in [5, 5.41) is 8.77. The molecular weight excluding hydrogens is 326 g/mol. The van der Waals surface area contributed by atoms with Crippen molar-refractivity contribution in [1.82, 2.24) is 4.90 Å². The molecule has 0 aromatic rings. The molecule has 0 bridgehead atoms. The van der Waals surface area contributed by atoms with Gasteiger partial charge in [-0.3, -0.25) is 9.59 Å². The van der Waals surface area contributed by atoms with Crippen molar-refractivity contribution in [2.45, 2.75) is 117 Å². The molecule has 0 aliphatic rings. The van der Waals surface area contributed by atoms with Gasteiger partial charge in [-0.15, -0.1) is 0 Å². The summed E-state index contributed by atoms with van der Waals surface area (Å²) in [6, 6.07) is 0. The van der Waals surface area contributed by atoms with Gasteiger partial charge in [-0.1, -0.05) is 96.8 Å². The number of likely N-dealkylation sites (N-methyl/N-ethyl adjacent to an activating group) is 1. The number of hydrogen-bond acceptors (Lipinski definition) is 2. The van der Waals surface area contributed by atoms with Crippen LogP contribution in [0.3, 0.4) is 0 Å². The van der Waals surface area contributed by atoms with Crippen molar-refractivity contribution in [3.8, 4) is 0 Å². The minimum atomic E-state index is -0.934. The Morgan fingerprint density at radius 3 is 1.38 bits per heavy atom. The molecule has 26 heavy (non-hydrogen) atoms. The number of carbonyl (C=O) groups is 2. The lowest BCUT2D eigenvalue weighted by Crippen LogP contribution is -2.35. The average Bonchev–Trinajstić information content (AvgIpc) is 2.62. The number of amides is 1. The molecule has 4 nitrogen and oxygen atoms in total. The molecule has 1 amide bonds. The Kier molecular flexibility index (Phi) is 18.0. The molecule has 0 unspecified atom stereocenters. The monoisotopic (exact) mass is 369 g/mol. The summed E-state index contributed by atoms with van der Waals surface area (Å²) in [5.41, 5.74) is 0. The SMILES string of the molecule is CCCCCCCCCCCCCCCCCC(=O)N(CC)CC(=O)O. The first-order valence-corrected chi connectivity index (χ1v) is 11.1. The van der Waals surface area contributed by atoms with Gasteiger partial charge in [-0.05, 0) is 13.3 Å². The Morgan fingerprint density at radius 1 is 0.654 bits per heavy atom. The first kappa shape index (κ1) is 24.9. The van der Waals surface area contributed by atoms with Gasteiger partial charge in [-0.2, -0.15) is 0 Å². The van der Waals surface area contributed by atoms with Crippen molar-refractivity contribution in [2.75, 3.05) is 13.1 Å². The van der Waals surface area contributed by atoms with Crippen LogP contribution in [0.5, 0.6) is 0 Å². The summed E-state index contributed by atoms with van der Waals surface area (Å²) < 4.78 is 0. The predicted octanol–water partition coefficient (Wildman–Crippen LogP) is 6.18. The zero-order chi connectivity index (χ0) is 19.5. The largest absolute Gasteiger partial charge is 0.480 e. The van der Waals surface area contributed by atoms with Gasteiger partial charge in [0, 0.05) is 13.0 Å². The van der Waals surface area contributed by atoms with Gasteiger partial charge in [0.15, 0.2) is 0 Å². The molecule has 154 valence electrons. The highest BCUT2D eigenvalue weighted by Crippen LogP contribution is 2.14. The van der Waals surface area contributed by atoms with Gasteiger partial charge in [0.2, 0.25) is 5.91 Å². The third-order valence-corrected chi connectivity index (χ3v) is 5.05. The number of carboxylic acids is 1. The van der Waals surface area contributed by atoms with Gasteiger partial charge < -0.3 is 10.0 Å². The fourth-order valence-electron chi connectivity index (χ4n) is 3.35. The maximum atomic E-state index is 11.9. The number of rotatable bonds is 19. The van der Waals surface area contributed by atoms with Crippen molar-refractivity contribution in [1.29, 1.82) is 0 Å². The first-order valence-electron chi connectivity index (χ1n) is 11.1. The smallest absolute Gasteiger partial charge is 0.323 e. The standard InChI is InChI=1S/C22H43NO3/c1-3-5-6-7-8-9-10-11-12-13-14-15-16-17-18-19-21(24)23(4-2)20-22(25)26/h3-20H2,1-2H3,(H,25,26). The minimum Gasteiger partial charge on any atom is -0.480 e. The van der Waals surface area contributed by atoms with Crippen LogP contribution in [0, 0.1) is 0 Å². The normalized spacial score (nSPS) is 10.8. The number of unbranched alkanes of at least 4 members (excludes halogenated alkanes) is 14. The van der Waals surface area contributed by atoms with Crippen molar-refractivity contribution in [3.05, 3.63) is 0 Å². The molecule has 0 saturated carbocycles. The fourth-order valence-corrected chi connectivity index (χ4v) is 3.35. The van der Waals surface area contributed by atoms with Crippen LogP contribution in [0.4, 0.5) is 0 Å². The molecule has 0 aromatic carbocycles. The molecule has 0 atom stereocenters. The van der Waals surface area contributed by atoms with Gasteiger partial charge in [0.25, 0.3) is 0 Å². The Labute approximate surface area is 161 Å². The average molecular weight is 370 g/mol. The van der Waals surface area contributed by atoms with Crippen LogP contribution in [0.25, 0.3) is 0 Å². The molecule has 1 N–H and O–H groups in total. The minimum absolute atomic E-state index is 0.0235. The molecule has 0 saturated heterocycles. The van der Waals surface area contributed by atoms with E-state index in [1.165, 1.54) is 88.4 Å². The highest BCUT2D eigenvalue weighted by atomic mass is 16.4.